The Bertz CT molecular complexity index is 369. The van der Waals surface area contributed by atoms with Gasteiger partial charge in [-0.25, -0.2) is 0 Å². The van der Waals surface area contributed by atoms with Crippen molar-refractivity contribution in [3.05, 3.63) is 23.7 Å². The third-order valence-electron chi connectivity index (χ3n) is 3.16. The van der Waals surface area contributed by atoms with Crippen LogP contribution >= 0.6 is 12.2 Å². The molecule has 1 aromatic heterocycles. The largest absolute Gasteiger partial charge is 0.465 e. The van der Waals surface area contributed by atoms with Crippen molar-refractivity contribution in [3.8, 4) is 0 Å². The van der Waals surface area contributed by atoms with Crippen molar-refractivity contribution in [1.29, 1.82) is 0 Å². The number of nitrogens with one attached hydrogen (secondary N) is 2. The van der Waals surface area contributed by atoms with Crippen LogP contribution < -0.4 is 10.6 Å². The van der Waals surface area contributed by atoms with Gasteiger partial charge in [0.05, 0.1) is 6.54 Å². The lowest BCUT2D eigenvalue weighted by molar-refractivity contribution is 0.410. The molecule has 0 aromatic carbocycles. The number of aryl methyl sites for hydroxylation is 1. The first-order valence-corrected chi connectivity index (χ1v) is 6.74. The Hall–Kier alpha value is -1.03. The smallest absolute Gasteiger partial charge is 0.166 e. The van der Waals surface area contributed by atoms with Gasteiger partial charge in [-0.15, -0.1) is 0 Å². The molecule has 2 rings (SSSR count). The molecule has 0 amide bonds. The molecular weight excluding hydrogens is 232 g/mol. The van der Waals surface area contributed by atoms with E-state index in [2.05, 4.69) is 10.6 Å². The van der Waals surface area contributed by atoms with Gasteiger partial charge in [-0.2, -0.15) is 0 Å². The van der Waals surface area contributed by atoms with Gasteiger partial charge in [-0.1, -0.05) is 19.3 Å². The summed E-state index contributed by atoms with van der Waals surface area (Å²) in [5.74, 6) is 1.86. The van der Waals surface area contributed by atoms with Crippen molar-refractivity contribution in [2.75, 3.05) is 0 Å². The Morgan fingerprint density at radius 2 is 2.12 bits per heavy atom. The number of furan rings is 1. The average molecular weight is 252 g/mol. The van der Waals surface area contributed by atoms with Gasteiger partial charge in [-0.05, 0) is 44.1 Å². The summed E-state index contributed by atoms with van der Waals surface area (Å²) in [4.78, 5) is 0. The second kappa shape index (κ2) is 6.05. The highest BCUT2D eigenvalue weighted by atomic mass is 32.1. The van der Waals surface area contributed by atoms with E-state index in [4.69, 9.17) is 16.6 Å². The van der Waals surface area contributed by atoms with E-state index in [1.54, 1.807) is 0 Å². The molecule has 1 fully saturated rings. The number of hydrogen-bond donors (Lipinski definition) is 2. The van der Waals surface area contributed by atoms with Crippen LogP contribution in [-0.4, -0.2) is 11.2 Å². The number of rotatable bonds is 3. The molecule has 1 aromatic rings. The summed E-state index contributed by atoms with van der Waals surface area (Å²) in [6.45, 7) is 2.61. The standard InChI is InChI=1S/C13H20N2OS/c1-10-7-8-12(16-10)9-14-13(17)15-11-5-3-2-4-6-11/h7-8,11H,2-6,9H2,1H3,(H2,14,15,17). The monoisotopic (exact) mass is 252 g/mol. The Kier molecular flexibility index (Phi) is 4.42. The molecule has 0 atom stereocenters. The van der Waals surface area contributed by atoms with Crippen LogP contribution in [0.25, 0.3) is 0 Å². The van der Waals surface area contributed by atoms with Crippen LogP contribution in [0.2, 0.25) is 0 Å². The van der Waals surface area contributed by atoms with Gasteiger partial charge >= 0.3 is 0 Å². The fourth-order valence-electron chi connectivity index (χ4n) is 2.23. The van der Waals surface area contributed by atoms with Gasteiger partial charge in [0.1, 0.15) is 11.5 Å². The summed E-state index contributed by atoms with van der Waals surface area (Å²) < 4.78 is 5.47. The second-order valence-corrected chi connectivity index (χ2v) is 5.08. The highest BCUT2D eigenvalue weighted by Crippen LogP contribution is 2.17. The third kappa shape index (κ3) is 4.04. The molecule has 1 aliphatic carbocycles. The van der Waals surface area contributed by atoms with Crippen molar-refractivity contribution in [3.63, 3.8) is 0 Å². The van der Waals surface area contributed by atoms with Crippen molar-refractivity contribution < 1.29 is 4.42 Å². The van der Waals surface area contributed by atoms with Gasteiger partial charge in [0.15, 0.2) is 5.11 Å². The molecule has 4 heteroatoms. The summed E-state index contributed by atoms with van der Waals surface area (Å²) in [6, 6.07) is 4.50. The summed E-state index contributed by atoms with van der Waals surface area (Å²) in [5, 5.41) is 7.30. The molecular formula is C13H20N2OS. The van der Waals surface area contributed by atoms with Crippen LogP contribution in [0.5, 0.6) is 0 Å². The third-order valence-corrected chi connectivity index (χ3v) is 3.42. The zero-order valence-corrected chi connectivity index (χ0v) is 11.1. The van der Waals surface area contributed by atoms with Crippen molar-refractivity contribution >= 4 is 17.3 Å². The summed E-state index contributed by atoms with van der Waals surface area (Å²) in [5.41, 5.74) is 0. The minimum atomic E-state index is 0.557. The van der Waals surface area contributed by atoms with Crippen molar-refractivity contribution in [2.45, 2.75) is 51.6 Å². The molecule has 1 heterocycles. The van der Waals surface area contributed by atoms with Crippen LogP contribution in [0, 0.1) is 6.92 Å². The molecule has 0 bridgehead atoms. The quantitative estimate of drug-likeness (QED) is 0.811. The molecule has 0 saturated heterocycles. The van der Waals surface area contributed by atoms with E-state index in [-0.39, 0.29) is 0 Å². The Balaban J connectivity index is 1.70. The maximum Gasteiger partial charge on any atom is 0.166 e. The predicted octanol–water partition coefficient (Wildman–Crippen LogP) is 2.88. The average Bonchev–Trinajstić information content (AvgIpc) is 2.74. The predicted molar refractivity (Wildman–Crippen MR) is 72.9 cm³/mol. The molecule has 2 N–H and O–H groups in total. The summed E-state index contributed by atoms with van der Waals surface area (Å²) >= 11 is 5.28. The first-order chi connectivity index (χ1) is 8.24. The number of thiocarbonyl (C=S) groups is 1. The zero-order valence-electron chi connectivity index (χ0n) is 10.3. The van der Waals surface area contributed by atoms with E-state index in [1.165, 1.54) is 32.1 Å². The van der Waals surface area contributed by atoms with E-state index in [9.17, 15) is 0 Å². The molecule has 0 unspecified atom stereocenters. The van der Waals surface area contributed by atoms with E-state index < -0.39 is 0 Å². The minimum absolute atomic E-state index is 0.557. The van der Waals surface area contributed by atoms with Gasteiger partial charge < -0.3 is 15.1 Å². The first-order valence-electron chi connectivity index (χ1n) is 6.34. The van der Waals surface area contributed by atoms with Crippen LogP contribution in [-0.2, 0) is 6.54 Å². The minimum Gasteiger partial charge on any atom is -0.465 e. The van der Waals surface area contributed by atoms with E-state index in [1.807, 2.05) is 19.1 Å². The lowest BCUT2D eigenvalue weighted by Gasteiger charge is -2.24. The summed E-state index contributed by atoms with van der Waals surface area (Å²) in [7, 11) is 0. The van der Waals surface area contributed by atoms with E-state index in [0.29, 0.717) is 12.6 Å². The molecule has 0 aliphatic heterocycles. The molecule has 1 saturated carbocycles. The highest BCUT2D eigenvalue weighted by Gasteiger charge is 2.13. The molecule has 94 valence electrons. The van der Waals surface area contributed by atoms with Gasteiger partial charge in [-0.3, -0.25) is 0 Å². The van der Waals surface area contributed by atoms with Crippen LogP contribution in [0.3, 0.4) is 0 Å². The lowest BCUT2D eigenvalue weighted by Crippen LogP contribution is -2.42. The Morgan fingerprint density at radius 1 is 1.35 bits per heavy atom. The van der Waals surface area contributed by atoms with Crippen molar-refractivity contribution in [1.82, 2.24) is 10.6 Å². The van der Waals surface area contributed by atoms with Gasteiger partial charge in [0, 0.05) is 6.04 Å². The fraction of sp³-hybridized carbons (Fsp3) is 0.615. The molecule has 0 radical (unpaired) electrons. The SMILES string of the molecule is Cc1ccc(CNC(=S)NC2CCCCC2)o1. The molecule has 3 nitrogen and oxygen atoms in total. The highest BCUT2D eigenvalue weighted by molar-refractivity contribution is 7.80. The van der Waals surface area contributed by atoms with Crippen molar-refractivity contribution in [2.24, 2.45) is 0 Å². The zero-order chi connectivity index (χ0) is 12.1. The van der Waals surface area contributed by atoms with Gasteiger partial charge in [0.2, 0.25) is 0 Å². The second-order valence-electron chi connectivity index (χ2n) is 4.67. The normalized spacial score (nSPS) is 16.8. The summed E-state index contributed by atoms with van der Waals surface area (Å²) in [6.07, 6.45) is 6.47. The lowest BCUT2D eigenvalue weighted by atomic mass is 9.96. The number of hydrogen-bond acceptors (Lipinski definition) is 2. The fourth-order valence-corrected chi connectivity index (χ4v) is 2.47. The maximum atomic E-state index is 5.47. The molecule has 0 spiro atoms. The topological polar surface area (TPSA) is 37.2 Å². The Labute approximate surface area is 108 Å². The Morgan fingerprint density at radius 3 is 2.76 bits per heavy atom. The van der Waals surface area contributed by atoms with E-state index in [0.717, 1.165) is 16.6 Å². The molecule has 1 aliphatic rings. The van der Waals surface area contributed by atoms with Crippen LogP contribution in [0.1, 0.15) is 43.6 Å². The van der Waals surface area contributed by atoms with E-state index >= 15 is 0 Å². The van der Waals surface area contributed by atoms with Crippen LogP contribution in [0.4, 0.5) is 0 Å². The molecule has 17 heavy (non-hydrogen) atoms. The maximum absolute atomic E-state index is 5.47. The first kappa shape index (κ1) is 12.4. The van der Waals surface area contributed by atoms with Crippen LogP contribution in [0.15, 0.2) is 16.5 Å². The van der Waals surface area contributed by atoms with Gasteiger partial charge in [0.25, 0.3) is 0 Å².